The zero-order valence-corrected chi connectivity index (χ0v) is 19.8. The van der Waals surface area contributed by atoms with Gasteiger partial charge in [-0.2, -0.15) is 0 Å². The Balaban J connectivity index is 1.40. The van der Waals surface area contributed by atoms with Gasteiger partial charge in [0.05, 0.1) is 18.2 Å². The maximum Gasteiger partial charge on any atom is 0.338 e. The molecule has 4 nitrogen and oxygen atoms in total. The van der Waals surface area contributed by atoms with Gasteiger partial charge < -0.3 is 14.6 Å². The molecule has 1 N–H and O–H groups in total. The molecule has 2 heterocycles. The van der Waals surface area contributed by atoms with Crippen LogP contribution in [0.4, 0.5) is 5.69 Å². The Kier molecular flexibility index (Phi) is 5.17. The number of hydrogen-bond acceptors (Lipinski definition) is 3. The van der Waals surface area contributed by atoms with E-state index in [1.807, 2.05) is 19.1 Å². The fourth-order valence-electron chi connectivity index (χ4n) is 5.93. The number of carbonyl (C=O) groups is 1. The molecule has 0 saturated carbocycles. The highest BCUT2D eigenvalue weighted by Gasteiger charge is 2.38. The standard InChI is InChI=1S/C30H30N2O2/c1-3-16-34-30(33)20-12-14-26-24(18-20)21-9-7-10-23(21)29(31-26)19-13-15-28-25(17-19)22-8-5-6-11-27(22)32(28)4-2/h5-9,11-15,17-18,21,23,29,31H,3-4,10,16H2,1-2H3. The van der Waals surface area contributed by atoms with E-state index in [0.29, 0.717) is 24.0 Å². The van der Waals surface area contributed by atoms with E-state index in [-0.39, 0.29) is 12.0 Å². The fourth-order valence-corrected chi connectivity index (χ4v) is 5.93. The van der Waals surface area contributed by atoms with Crippen molar-refractivity contribution < 1.29 is 9.53 Å². The molecule has 34 heavy (non-hydrogen) atoms. The van der Waals surface area contributed by atoms with Crippen LogP contribution in [0.3, 0.4) is 0 Å². The number of benzene rings is 3. The van der Waals surface area contributed by atoms with Crippen LogP contribution in [0.2, 0.25) is 0 Å². The zero-order valence-electron chi connectivity index (χ0n) is 19.8. The first kappa shape index (κ1) is 21.0. The molecule has 172 valence electrons. The third kappa shape index (κ3) is 3.24. The summed E-state index contributed by atoms with van der Waals surface area (Å²) in [5.41, 5.74) is 6.86. The van der Waals surface area contributed by atoms with Crippen LogP contribution >= 0.6 is 0 Å². The average Bonchev–Trinajstić information content (AvgIpc) is 3.49. The molecule has 1 aliphatic heterocycles. The predicted octanol–water partition coefficient (Wildman–Crippen LogP) is 7.21. The Morgan fingerprint density at radius 1 is 1.03 bits per heavy atom. The summed E-state index contributed by atoms with van der Waals surface area (Å²) in [4.78, 5) is 12.5. The van der Waals surface area contributed by atoms with E-state index in [2.05, 4.69) is 77.5 Å². The van der Waals surface area contributed by atoms with Crippen molar-refractivity contribution >= 4 is 33.5 Å². The van der Waals surface area contributed by atoms with Gasteiger partial charge in [-0.25, -0.2) is 4.79 Å². The average molecular weight is 451 g/mol. The number of nitrogens with one attached hydrogen (secondary N) is 1. The van der Waals surface area contributed by atoms with Crippen LogP contribution in [-0.4, -0.2) is 17.1 Å². The van der Waals surface area contributed by atoms with Crippen LogP contribution in [0.5, 0.6) is 0 Å². The first-order chi connectivity index (χ1) is 16.7. The highest BCUT2D eigenvalue weighted by atomic mass is 16.5. The molecule has 1 aliphatic carbocycles. The number of carbonyl (C=O) groups excluding carboxylic acids is 1. The number of rotatable bonds is 5. The largest absolute Gasteiger partial charge is 0.462 e. The zero-order chi connectivity index (χ0) is 23.2. The third-order valence-electron chi connectivity index (χ3n) is 7.51. The summed E-state index contributed by atoms with van der Waals surface area (Å²) in [5.74, 6) is 0.488. The molecule has 0 saturated heterocycles. The first-order valence-corrected chi connectivity index (χ1v) is 12.4. The van der Waals surface area contributed by atoms with Gasteiger partial charge in [-0.05, 0) is 73.2 Å². The Morgan fingerprint density at radius 3 is 2.74 bits per heavy atom. The molecule has 4 heteroatoms. The van der Waals surface area contributed by atoms with Gasteiger partial charge in [0, 0.05) is 40.0 Å². The number of nitrogens with zero attached hydrogens (tertiary/aromatic N) is 1. The highest BCUT2D eigenvalue weighted by Crippen LogP contribution is 2.50. The normalized spacial score (nSPS) is 20.8. The Labute approximate surface area is 200 Å². The van der Waals surface area contributed by atoms with Gasteiger partial charge in [-0.1, -0.05) is 43.3 Å². The van der Waals surface area contributed by atoms with Crippen LogP contribution in [0.25, 0.3) is 21.8 Å². The van der Waals surface area contributed by atoms with Gasteiger partial charge >= 0.3 is 5.97 Å². The number of fused-ring (bicyclic) bond motifs is 6. The highest BCUT2D eigenvalue weighted by molar-refractivity contribution is 6.08. The van der Waals surface area contributed by atoms with Gasteiger partial charge in [0.1, 0.15) is 0 Å². The number of para-hydroxylation sites is 1. The minimum Gasteiger partial charge on any atom is -0.462 e. The van der Waals surface area contributed by atoms with E-state index in [4.69, 9.17) is 4.74 Å². The monoisotopic (exact) mass is 450 g/mol. The topological polar surface area (TPSA) is 43.3 Å². The molecule has 0 radical (unpaired) electrons. The minimum atomic E-state index is -0.233. The van der Waals surface area contributed by atoms with E-state index in [0.717, 1.165) is 25.1 Å². The van der Waals surface area contributed by atoms with Gasteiger partial charge in [0.25, 0.3) is 0 Å². The summed E-state index contributed by atoms with van der Waals surface area (Å²) < 4.78 is 7.78. The van der Waals surface area contributed by atoms with E-state index >= 15 is 0 Å². The minimum absolute atomic E-state index is 0.221. The molecule has 0 fully saturated rings. The second kappa shape index (κ2) is 8.35. The summed E-state index contributed by atoms with van der Waals surface area (Å²) in [6.45, 7) is 5.63. The van der Waals surface area contributed by atoms with Crippen LogP contribution in [0.1, 0.15) is 60.1 Å². The molecular formula is C30H30N2O2. The number of aryl methyl sites for hydroxylation is 1. The fraction of sp³-hybridized carbons (Fsp3) is 0.300. The van der Waals surface area contributed by atoms with Crippen LogP contribution in [-0.2, 0) is 11.3 Å². The predicted molar refractivity (Wildman–Crippen MR) is 138 cm³/mol. The molecule has 0 bridgehead atoms. The number of aromatic nitrogens is 1. The lowest BCUT2D eigenvalue weighted by Crippen LogP contribution is -2.29. The molecule has 1 aromatic heterocycles. The number of hydrogen-bond donors (Lipinski definition) is 1. The number of allylic oxidation sites excluding steroid dienone is 2. The quantitative estimate of drug-likeness (QED) is 0.258. The summed E-state index contributed by atoms with van der Waals surface area (Å²) in [5, 5.41) is 6.46. The Bertz CT molecular complexity index is 1430. The van der Waals surface area contributed by atoms with E-state index in [1.54, 1.807) is 0 Å². The first-order valence-electron chi connectivity index (χ1n) is 12.4. The molecule has 3 aromatic carbocycles. The molecule has 3 atom stereocenters. The smallest absolute Gasteiger partial charge is 0.338 e. The Hall–Kier alpha value is -3.53. The van der Waals surface area contributed by atoms with Crippen molar-refractivity contribution in [2.75, 3.05) is 11.9 Å². The second-order valence-corrected chi connectivity index (χ2v) is 9.45. The van der Waals surface area contributed by atoms with Crippen molar-refractivity contribution in [3.63, 3.8) is 0 Å². The lowest BCUT2D eigenvalue weighted by Gasteiger charge is -2.37. The van der Waals surface area contributed by atoms with E-state index in [9.17, 15) is 4.79 Å². The van der Waals surface area contributed by atoms with Crippen LogP contribution in [0, 0.1) is 5.92 Å². The number of ether oxygens (including phenoxy) is 1. The maximum absolute atomic E-state index is 12.5. The maximum atomic E-state index is 12.5. The van der Waals surface area contributed by atoms with Crippen LogP contribution < -0.4 is 5.32 Å². The molecule has 6 rings (SSSR count). The molecule has 2 aliphatic rings. The molecule has 4 aromatic rings. The van der Waals surface area contributed by atoms with Crippen molar-refractivity contribution in [1.82, 2.24) is 4.57 Å². The lowest BCUT2D eigenvalue weighted by molar-refractivity contribution is 0.0505. The lowest BCUT2D eigenvalue weighted by atomic mass is 9.76. The second-order valence-electron chi connectivity index (χ2n) is 9.45. The third-order valence-corrected chi connectivity index (χ3v) is 7.51. The van der Waals surface area contributed by atoms with Crippen molar-refractivity contribution in [2.45, 2.75) is 45.2 Å². The van der Waals surface area contributed by atoms with Gasteiger partial charge in [0.2, 0.25) is 0 Å². The van der Waals surface area contributed by atoms with Crippen LogP contribution in [0.15, 0.2) is 72.8 Å². The van der Waals surface area contributed by atoms with E-state index < -0.39 is 0 Å². The number of esters is 1. The van der Waals surface area contributed by atoms with Crippen molar-refractivity contribution in [1.29, 1.82) is 0 Å². The molecule has 3 unspecified atom stereocenters. The molecule has 0 spiro atoms. The molecule has 0 amide bonds. The van der Waals surface area contributed by atoms with Gasteiger partial charge in [-0.15, -0.1) is 0 Å². The Morgan fingerprint density at radius 2 is 1.88 bits per heavy atom. The van der Waals surface area contributed by atoms with Crippen molar-refractivity contribution in [2.24, 2.45) is 5.92 Å². The molecular weight excluding hydrogens is 420 g/mol. The van der Waals surface area contributed by atoms with E-state index in [1.165, 1.54) is 32.9 Å². The SMILES string of the molecule is CCCOC(=O)c1ccc2c(c1)C1C=CCC1C(c1ccc3c(c1)c1ccccc1n3CC)N2. The van der Waals surface area contributed by atoms with Gasteiger partial charge in [0.15, 0.2) is 0 Å². The summed E-state index contributed by atoms with van der Waals surface area (Å²) in [6.07, 6.45) is 6.47. The summed E-state index contributed by atoms with van der Waals surface area (Å²) >= 11 is 0. The number of anilines is 1. The van der Waals surface area contributed by atoms with Crippen molar-refractivity contribution in [3.05, 3.63) is 89.5 Å². The van der Waals surface area contributed by atoms with Crippen molar-refractivity contribution in [3.8, 4) is 0 Å². The van der Waals surface area contributed by atoms with Gasteiger partial charge in [-0.3, -0.25) is 0 Å². The summed E-state index contributed by atoms with van der Waals surface area (Å²) in [7, 11) is 0. The summed E-state index contributed by atoms with van der Waals surface area (Å²) in [6, 6.07) is 21.9.